The van der Waals surface area contributed by atoms with Crippen molar-refractivity contribution in [2.45, 2.75) is 13.5 Å². The molecule has 1 aromatic heterocycles. The zero-order chi connectivity index (χ0) is 19.3. The van der Waals surface area contributed by atoms with Crippen molar-refractivity contribution in [1.29, 1.82) is 0 Å². The first kappa shape index (κ1) is 19.3. The largest absolute Gasteiger partial charge is 0.450 e. The molecule has 0 aliphatic carbocycles. The van der Waals surface area contributed by atoms with Crippen molar-refractivity contribution in [3.8, 4) is 5.69 Å². The molecule has 1 amide bonds. The van der Waals surface area contributed by atoms with Crippen LogP contribution in [0, 0.1) is 0 Å². The van der Waals surface area contributed by atoms with Crippen LogP contribution in [0.5, 0.6) is 0 Å². The standard InChI is InChI=1S/C17H23N5O4S/c1-2-26-17(23)20-9-11-22(12-10-20)27(24,25)19-13-15-5-3-4-6-16(15)21-8-7-18-14-21/h3-8,14,19H,2,9-13H2,1H3. The number of imidazole rings is 1. The third-order valence-electron chi connectivity index (χ3n) is 4.32. The first-order chi connectivity index (χ1) is 13.0. The fourth-order valence-electron chi connectivity index (χ4n) is 2.90. The Hall–Kier alpha value is -2.43. The van der Waals surface area contributed by atoms with Crippen molar-refractivity contribution in [3.63, 3.8) is 0 Å². The molecule has 1 aliphatic rings. The number of carbonyl (C=O) groups is 1. The summed E-state index contributed by atoms with van der Waals surface area (Å²) >= 11 is 0. The van der Waals surface area contributed by atoms with Crippen LogP contribution in [0.15, 0.2) is 43.0 Å². The maximum absolute atomic E-state index is 12.6. The van der Waals surface area contributed by atoms with E-state index < -0.39 is 16.3 Å². The Balaban J connectivity index is 1.61. The molecule has 1 fully saturated rings. The fraction of sp³-hybridized carbons (Fsp3) is 0.412. The molecule has 3 rings (SSSR count). The van der Waals surface area contributed by atoms with Crippen LogP contribution in [0.4, 0.5) is 4.79 Å². The van der Waals surface area contributed by atoms with Crippen molar-refractivity contribution in [2.24, 2.45) is 0 Å². The average molecular weight is 393 g/mol. The minimum atomic E-state index is -3.65. The van der Waals surface area contributed by atoms with Gasteiger partial charge in [0, 0.05) is 45.1 Å². The van der Waals surface area contributed by atoms with Crippen molar-refractivity contribution in [1.82, 2.24) is 23.5 Å². The second kappa shape index (κ2) is 8.51. The molecule has 2 heterocycles. The van der Waals surface area contributed by atoms with Crippen molar-refractivity contribution >= 4 is 16.3 Å². The van der Waals surface area contributed by atoms with E-state index >= 15 is 0 Å². The number of aromatic nitrogens is 2. The van der Waals surface area contributed by atoms with Gasteiger partial charge in [0.2, 0.25) is 0 Å². The summed E-state index contributed by atoms with van der Waals surface area (Å²) < 4.78 is 36.0. The Kier molecular flexibility index (Phi) is 6.09. The monoisotopic (exact) mass is 393 g/mol. The lowest BCUT2D eigenvalue weighted by molar-refractivity contribution is 0.0932. The summed E-state index contributed by atoms with van der Waals surface area (Å²) in [4.78, 5) is 17.3. The molecule has 0 unspecified atom stereocenters. The molecule has 1 aliphatic heterocycles. The number of amides is 1. The molecule has 10 heteroatoms. The maximum atomic E-state index is 12.6. The van der Waals surface area contributed by atoms with Crippen molar-refractivity contribution in [2.75, 3.05) is 32.8 Å². The van der Waals surface area contributed by atoms with E-state index in [-0.39, 0.29) is 19.6 Å². The number of nitrogens with zero attached hydrogens (tertiary/aromatic N) is 4. The van der Waals surface area contributed by atoms with Crippen molar-refractivity contribution < 1.29 is 17.9 Å². The number of hydrogen-bond acceptors (Lipinski definition) is 5. The van der Waals surface area contributed by atoms with E-state index in [0.29, 0.717) is 19.7 Å². The molecular formula is C17H23N5O4S. The highest BCUT2D eigenvalue weighted by Crippen LogP contribution is 2.15. The quantitative estimate of drug-likeness (QED) is 0.789. The van der Waals surface area contributed by atoms with Gasteiger partial charge in [-0.15, -0.1) is 0 Å². The first-order valence-corrected chi connectivity index (χ1v) is 10.2. The van der Waals surface area contributed by atoms with Crippen LogP contribution in [0.2, 0.25) is 0 Å². The Morgan fingerprint density at radius 2 is 1.96 bits per heavy atom. The summed E-state index contributed by atoms with van der Waals surface area (Å²) in [5.41, 5.74) is 1.70. The zero-order valence-electron chi connectivity index (χ0n) is 15.1. The summed E-state index contributed by atoms with van der Waals surface area (Å²) in [5.74, 6) is 0. The number of hydrogen-bond donors (Lipinski definition) is 1. The molecular weight excluding hydrogens is 370 g/mol. The predicted molar refractivity (Wildman–Crippen MR) is 99.5 cm³/mol. The zero-order valence-corrected chi connectivity index (χ0v) is 15.9. The molecule has 27 heavy (non-hydrogen) atoms. The van der Waals surface area contributed by atoms with E-state index in [2.05, 4.69) is 9.71 Å². The lowest BCUT2D eigenvalue weighted by Crippen LogP contribution is -2.53. The van der Waals surface area contributed by atoms with E-state index in [1.54, 1.807) is 19.4 Å². The number of nitrogens with one attached hydrogen (secondary N) is 1. The van der Waals surface area contributed by atoms with Gasteiger partial charge in [-0.2, -0.15) is 17.4 Å². The Labute approximate surface area is 158 Å². The van der Waals surface area contributed by atoms with Crippen molar-refractivity contribution in [3.05, 3.63) is 48.5 Å². The summed E-state index contributed by atoms with van der Waals surface area (Å²) in [6.07, 6.45) is 4.74. The SMILES string of the molecule is CCOC(=O)N1CCN(S(=O)(=O)NCc2ccccc2-n2ccnc2)CC1. The Morgan fingerprint density at radius 1 is 1.22 bits per heavy atom. The second-order valence-electron chi connectivity index (χ2n) is 6.01. The van der Waals surface area contributed by atoms with Crippen LogP contribution in [0.1, 0.15) is 12.5 Å². The minimum absolute atomic E-state index is 0.161. The van der Waals surface area contributed by atoms with E-state index in [0.717, 1.165) is 11.3 Å². The van der Waals surface area contributed by atoms with Crippen LogP contribution in [0.3, 0.4) is 0 Å². The molecule has 0 saturated carbocycles. The summed E-state index contributed by atoms with van der Waals surface area (Å²) in [6, 6.07) is 7.53. The van der Waals surface area contributed by atoms with Gasteiger partial charge in [0.25, 0.3) is 10.2 Å². The van der Waals surface area contributed by atoms with E-state index in [9.17, 15) is 13.2 Å². The summed E-state index contributed by atoms with van der Waals surface area (Å²) in [5, 5.41) is 0. The highest BCUT2D eigenvalue weighted by Gasteiger charge is 2.29. The Bertz CT molecular complexity index is 861. The van der Waals surface area contributed by atoms with Gasteiger partial charge in [-0.1, -0.05) is 18.2 Å². The van der Waals surface area contributed by atoms with Gasteiger partial charge in [-0.3, -0.25) is 0 Å². The van der Waals surface area contributed by atoms with E-state index in [1.807, 2.05) is 35.0 Å². The van der Waals surface area contributed by atoms with Gasteiger partial charge in [0.1, 0.15) is 0 Å². The second-order valence-corrected chi connectivity index (χ2v) is 7.77. The summed E-state index contributed by atoms with van der Waals surface area (Å²) in [6.45, 7) is 3.29. The van der Waals surface area contributed by atoms with Crippen LogP contribution in [-0.2, 0) is 21.5 Å². The molecule has 2 aromatic rings. The number of ether oxygens (including phenoxy) is 1. The molecule has 1 aromatic carbocycles. The molecule has 0 bridgehead atoms. The Morgan fingerprint density at radius 3 is 2.63 bits per heavy atom. The van der Waals surface area contributed by atoms with E-state index in [1.165, 1.54) is 9.21 Å². The summed E-state index contributed by atoms with van der Waals surface area (Å²) in [7, 11) is -3.65. The average Bonchev–Trinajstić information content (AvgIpc) is 3.22. The fourth-order valence-corrected chi connectivity index (χ4v) is 4.06. The minimum Gasteiger partial charge on any atom is -0.450 e. The molecule has 0 atom stereocenters. The number of piperazine rings is 1. The maximum Gasteiger partial charge on any atom is 0.409 e. The van der Waals surface area contributed by atoms with Gasteiger partial charge >= 0.3 is 6.09 Å². The number of carbonyl (C=O) groups excluding carboxylic acids is 1. The van der Waals surface area contributed by atoms with Gasteiger partial charge in [0.05, 0.1) is 18.6 Å². The predicted octanol–water partition coefficient (Wildman–Crippen LogP) is 0.981. The van der Waals surface area contributed by atoms with E-state index in [4.69, 9.17) is 4.74 Å². The van der Waals surface area contributed by atoms with Gasteiger partial charge in [-0.25, -0.2) is 9.78 Å². The van der Waals surface area contributed by atoms with Crippen LogP contribution < -0.4 is 4.72 Å². The van der Waals surface area contributed by atoms with Gasteiger partial charge in [-0.05, 0) is 18.6 Å². The molecule has 0 radical (unpaired) electrons. The third kappa shape index (κ3) is 4.65. The molecule has 1 N–H and O–H groups in total. The first-order valence-electron chi connectivity index (χ1n) is 8.74. The lowest BCUT2D eigenvalue weighted by Gasteiger charge is -2.33. The molecule has 0 spiro atoms. The van der Waals surface area contributed by atoms with Crippen LogP contribution in [0.25, 0.3) is 5.69 Å². The smallest absolute Gasteiger partial charge is 0.409 e. The highest BCUT2D eigenvalue weighted by atomic mass is 32.2. The lowest BCUT2D eigenvalue weighted by atomic mass is 10.2. The van der Waals surface area contributed by atoms with Gasteiger partial charge < -0.3 is 14.2 Å². The highest BCUT2D eigenvalue weighted by molar-refractivity contribution is 7.87. The third-order valence-corrected chi connectivity index (χ3v) is 5.88. The van der Waals surface area contributed by atoms with Crippen LogP contribution in [-0.4, -0.2) is 66.1 Å². The molecule has 1 saturated heterocycles. The molecule has 146 valence electrons. The number of rotatable bonds is 6. The number of benzene rings is 1. The molecule has 9 nitrogen and oxygen atoms in total. The normalized spacial score (nSPS) is 15.7. The van der Waals surface area contributed by atoms with Crippen LogP contribution >= 0.6 is 0 Å². The topological polar surface area (TPSA) is 96.8 Å². The number of para-hydroxylation sites is 1. The van der Waals surface area contributed by atoms with Gasteiger partial charge in [0.15, 0.2) is 0 Å².